The molecule has 0 radical (unpaired) electrons. The van der Waals surface area contributed by atoms with Crippen LogP contribution in [0.4, 0.5) is 0 Å². The molecule has 0 amide bonds. The van der Waals surface area contributed by atoms with Crippen molar-refractivity contribution in [3.63, 3.8) is 0 Å². The minimum atomic E-state index is -0.502. The number of hydrogen-bond acceptors (Lipinski definition) is 2. The fourth-order valence-corrected chi connectivity index (χ4v) is 10.9. The number of alkyl halides is 1. The number of rotatable bonds is 6. The summed E-state index contributed by atoms with van der Waals surface area (Å²) in [5.41, 5.74) is 19.9. The van der Waals surface area contributed by atoms with Gasteiger partial charge in [-0.2, -0.15) is 0 Å². The molecule has 1 atom stereocenters. The maximum atomic E-state index is 6.99. The molecule has 0 aromatic heterocycles. The Labute approximate surface area is 366 Å². The summed E-state index contributed by atoms with van der Waals surface area (Å²) < 4.78 is 7.09. The van der Waals surface area contributed by atoms with E-state index in [2.05, 4.69) is 237 Å². The summed E-state index contributed by atoms with van der Waals surface area (Å²) >= 11 is 2.58. The Morgan fingerprint density at radius 2 is 1.07 bits per heavy atom. The SMILES string of the molecule is CC(=N/C(=C\C(I)c1ccc2c(c1)C(C)(C)c1ccccc1-2)c1ccc(-c2cccc3c2Oc2ccccc2C32c3ccccc3-c3ccccc32)cc1)c1ccccc1. The average Bonchev–Trinajstić information content (AvgIpc) is 3.71. The van der Waals surface area contributed by atoms with Crippen LogP contribution >= 0.6 is 22.6 Å². The van der Waals surface area contributed by atoms with Gasteiger partial charge in [-0.15, -0.1) is 0 Å². The first-order chi connectivity index (χ1) is 29.3. The molecule has 1 unspecified atom stereocenters. The van der Waals surface area contributed by atoms with Crippen molar-refractivity contribution in [3.05, 3.63) is 244 Å². The van der Waals surface area contributed by atoms with Crippen LogP contribution in [-0.4, -0.2) is 5.71 Å². The van der Waals surface area contributed by atoms with Crippen molar-refractivity contribution in [2.24, 2.45) is 4.99 Å². The van der Waals surface area contributed by atoms with Crippen molar-refractivity contribution in [2.75, 3.05) is 0 Å². The van der Waals surface area contributed by atoms with E-state index >= 15 is 0 Å². The van der Waals surface area contributed by atoms with E-state index in [-0.39, 0.29) is 9.34 Å². The third-order valence-electron chi connectivity index (χ3n) is 13.1. The number of allylic oxidation sites excluding steroid dienone is 1. The van der Waals surface area contributed by atoms with Gasteiger partial charge in [0.05, 0.1) is 15.0 Å². The van der Waals surface area contributed by atoms with E-state index in [0.29, 0.717) is 0 Å². The van der Waals surface area contributed by atoms with Crippen molar-refractivity contribution in [2.45, 2.75) is 35.5 Å². The fraction of sp³-hybridized carbons (Fsp3) is 0.105. The van der Waals surface area contributed by atoms with Crippen LogP contribution in [0.15, 0.2) is 199 Å². The Kier molecular flexibility index (Phi) is 8.68. The summed E-state index contributed by atoms with van der Waals surface area (Å²) in [6.07, 6.45) is 2.32. The number of para-hydroxylation sites is 2. The van der Waals surface area contributed by atoms with Crippen molar-refractivity contribution in [1.29, 1.82) is 0 Å². The van der Waals surface area contributed by atoms with Crippen LogP contribution in [0.1, 0.15) is 74.8 Å². The van der Waals surface area contributed by atoms with E-state index < -0.39 is 5.41 Å². The predicted octanol–water partition coefficient (Wildman–Crippen LogP) is 15.2. The van der Waals surface area contributed by atoms with Crippen LogP contribution in [-0.2, 0) is 10.8 Å². The van der Waals surface area contributed by atoms with E-state index in [1.54, 1.807) is 0 Å². The average molecular weight is 884 g/mol. The Hall–Kier alpha value is -6.30. The number of aliphatic imine (C=N–C) groups is 1. The number of fused-ring (bicyclic) bond motifs is 12. The molecule has 60 heavy (non-hydrogen) atoms. The molecule has 0 saturated heterocycles. The first-order valence-electron chi connectivity index (χ1n) is 20.8. The van der Waals surface area contributed by atoms with Crippen molar-refractivity contribution < 1.29 is 4.74 Å². The van der Waals surface area contributed by atoms with Gasteiger partial charge < -0.3 is 4.74 Å². The molecule has 2 nitrogen and oxygen atoms in total. The molecule has 0 N–H and O–H groups in total. The van der Waals surface area contributed by atoms with Crippen LogP contribution in [0.3, 0.4) is 0 Å². The second-order valence-corrected chi connectivity index (χ2v) is 18.0. The summed E-state index contributed by atoms with van der Waals surface area (Å²) in [6, 6.07) is 68.3. The van der Waals surface area contributed by atoms with Gasteiger partial charge >= 0.3 is 0 Å². The van der Waals surface area contributed by atoms with Gasteiger partial charge in [-0.1, -0.05) is 218 Å². The van der Waals surface area contributed by atoms with Crippen molar-refractivity contribution in [1.82, 2.24) is 0 Å². The molecule has 2 aliphatic carbocycles. The summed E-state index contributed by atoms with van der Waals surface area (Å²) in [4.78, 5) is 5.35. The maximum absolute atomic E-state index is 6.99. The molecule has 1 aliphatic heterocycles. The minimum Gasteiger partial charge on any atom is -0.456 e. The largest absolute Gasteiger partial charge is 0.456 e. The van der Waals surface area contributed by atoms with E-state index in [0.717, 1.165) is 50.7 Å². The molecule has 3 heteroatoms. The number of hydrogen-bond donors (Lipinski definition) is 0. The quantitative estimate of drug-likeness (QED) is 0.0926. The molecule has 0 saturated carbocycles. The lowest BCUT2D eigenvalue weighted by molar-refractivity contribution is 0.438. The monoisotopic (exact) mass is 883 g/mol. The number of ether oxygens (including phenoxy) is 1. The standard InChI is InChI=1S/C57H42INO/c1-36(37-16-5-4-6-17-37)59-53(35-52(58)40-32-33-45-42-18-7-10-22-46(42)56(2,3)51(45)34-40)39-30-28-38(29-31-39)41-21-15-26-50-55(41)60-54-27-14-13-25-49(54)57(50)47-23-11-8-19-43(47)44-20-9-12-24-48(44)57/h4-35,52H,1-3H3/b53-35-,59-36?. The summed E-state index contributed by atoms with van der Waals surface area (Å²) in [5, 5.41) is 0. The Bertz CT molecular complexity index is 3020. The van der Waals surface area contributed by atoms with Gasteiger partial charge in [0.25, 0.3) is 0 Å². The summed E-state index contributed by atoms with van der Waals surface area (Å²) in [5.74, 6) is 1.79. The molecular formula is C57H42INO. The van der Waals surface area contributed by atoms with Crippen LogP contribution in [0.5, 0.6) is 11.5 Å². The lowest BCUT2D eigenvalue weighted by Gasteiger charge is -2.40. The van der Waals surface area contributed by atoms with E-state index in [1.165, 1.54) is 55.6 Å². The topological polar surface area (TPSA) is 21.6 Å². The highest BCUT2D eigenvalue weighted by Gasteiger charge is 2.51. The molecule has 0 fully saturated rings. The summed E-state index contributed by atoms with van der Waals surface area (Å²) in [7, 11) is 0. The Morgan fingerprint density at radius 1 is 0.517 bits per heavy atom. The third-order valence-corrected chi connectivity index (χ3v) is 14.2. The smallest absolute Gasteiger partial charge is 0.140 e. The fourth-order valence-electron chi connectivity index (χ4n) is 10.2. The van der Waals surface area contributed by atoms with Gasteiger partial charge in [0.15, 0.2) is 0 Å². The zero-order valence-electron chi connectivity index (χ0n) is 33.8. The number of nitrogens with zero attached hydrogens (tertiary/aromatic N) is 1. The van der Waals surface area contributed by atoms with Gasteiger partial charge in [-0.25, -0.2) is 0 Å². The zero-order valence-corrected chi connectivity index (χ0v) is 35.9. The molecule has 1 heterocycles. The molecular weight excluding hydrogens is 842 g/mol. The molecule has 288 valence electrons. The van der Waals surface area contributed by atoms with Crippen LogP contribution < -0.4 is 4.74 Å². The maximum Gasteiger partial charge on any atom is 0.140 e. The van der Waals surface area contributed by atoms with Gasteiger partial charge in [0.1, 0.15) is 11.5 Å². The highest BCUT2D eigenvalue weighted by atomic mass is 127. The Balaban J connectivity index is 1.02. The highest BCUT2D eigenvalue weighted by molar-refractivity contribution is 14.1. The second-order valence-electron chi connectivity index (χ2n) is 16.7. The predicted molar refractivity (Wildman–Crippen MR) is 257 cm³/mol. The zero-order chi connectivity index (χ0) is 40.6. The lowest BCUT2D eigenvalue weighted by Crippen LogP contribution is -2.32. The molecule has 8 aromatic rings. The number of benzene rings is 8. The van der Waals surface area contributed by atoms with Gasteiger partial charge in [-0.3, -0.25) is 4.99 Å². The van der Waals surface area contributed by atoms with Crippen LogP contribution in [0.25, 0.3) is 39.1 Å². The van der Waals surface area contributed by atoms with Crippen molar-refractivity contribution in [3.8, 4) is 44.9 Å². The van der Waals surface area contributed by atoms with E-state index in [9.17, 15) is 0 Å². The molecule has 8 aromatic carbocycles. The Morgan fingerprint density at radius 3 is 1.77 bits per heavy atom. The van der Waals surface area contributed by atoms with E-state index in [4.69, 9.17) is 9.73 Å². The van der Waals surface area contributed by atoms with Crippen molar-refractivity contribution >= 4 is 34.0 Å². The van der Waals surface area contributed by atoms with Gasteiger partial charge in [0, 0.05) is 27.8 Å². The van der Waals surface area contributed by atoms with E-state index in [1.807, 2.05) is 0 Å². The van der Waals surface area contributed by atoms with Gasteiger partial charge in [-0.05, 0) is 85.8 Å². The summed E-state index contributed by atoms with van der Waals surface area (Å²) in [6.45, 7) is 6.80. The number of halogens is 1. The first-order valence-corrected chi connectivity index (χ1v) is 22.0. The highest BCUT2D eigenvalue weighted by Crippen LogP contribution is 2.63. The lowest BCUT2D eigenvalue weighted by atomic mass is 9.65. The molecule has 0 bridgehead atoms. The van der Waals surface area contributed by atoms with Crippen LogP contribution in [0.2, 0.25) is 0 Å². The van der Waals surface area contributed by atoms with Crippen LogP contribution in [0, 0.1) is 0 Å². The third kappa shape index (κ3) is 5.55. The second kappa shape index (κ2) is 14.2. The first kappa shape index (κ1) is 36.8. The molecule has 11 rings (SSSR count). The normalized spacial score (nSPS) is 15.5. The molecule has 3 aliphatic rings. The minimum absolute atomic E-state index is 0.0602. The molecule has 1 spiro atoms. The van der Waals surface area contributed by atoms with Gasteiger partial charge in [0.2, 0.25) is 0 Å².